The third-order valence-electron chi connectivity index (χ3n) is 2.06. The van der Waals surface area contributed by atoms with Crippen LogP contribution in [-0.2, 0) is 0 Å². The summed E-state index contributed by atoms with van der Waals surface area (Å²) < 4.78 is 18.1. The first-order valence-electron chi connectivity index (χ1n) is 4.79. The lowest BCUT2D eigenvalue weighted by Gasteiger charge is -2.06. The molecule has 0 saturated heterocycles. The van der Waals surface area contributed by atoms with Gasteiger partial charge in [0.1, 0.15) is 23.9 Å². The van der Waals surface area contributed by atoms with Gasteiger partial charge in [-0.25, -0.2) is 4.39 Å². The molecule has 16 heavy (non-hydrogen) atoms. The minimum absolute atomic E-state index is 0.301. The Morgan fingerprint density at radius 2 is 1.75 bits per heavy atom. The lowest BCUT2D eigenvalue weighted by molar-refractivity contribution is 0.413. The van der Waals surface area contributed by atoms with Gasteiger partial charge in [0.25, 0.3) is 0 Å². The third kappa shape index (κ3) is 2.58. The Balaban J connectivity index is 2.16. The molecule has 2 aromatic rings. The zero-order valence-corrected chi connectivity index (χ0v) is 8.43. The molecule has 0 aliphatic heterocycles. The van der Waals surface area contributed by atoms with Crippen LogP contribution in [0.5, 0.6) is 11.5 Å². The van der Waals surface area contributed by atoms with Crippen LogP contribution in [0, 0.1) is 12.4 Å². The molecule has 0 atom stereocenters. The SMILES string of the molecule is O[CH]c1cccc(Oc2ccc(F)cc2)c1. The van der Waals surface area contributed by atoms with Crippen LogP contribution in [0.4, 0.5) is 4.39 Å². The fourth-order valence-electron chi connectivity index (χ4n) is 1.30. The Kier molecular flexibility index (Phi) is 3.17. The van der Waals surface area contributed by atoms with E-state index in [9.17, 15) is 4.39 Å². The minimum atomic E-state index is -0.301. The van der Waals surface area contributed by atoms with Crippen molar-refractivity contribution in [3.05, 3.63) is 66.5 Å². The van der Waals surface area contributed by atoms with Crippen LogP contribution in [0.2, 0.25) is 0 Å². The average molecular weight is 217 g/mol. The lowest BCUT2D eigenvalue weighted by atomic mass is 10.2. The van der Waals surface area contributed by atoms with Crippen molar-refractivity contribution >= 4 is 0 Å². The first-order chi connectivity index (χ1) is 7.78. The molecule has 0 aliphatic rings. The van der Waals surface area contributed by atoms with Crippen LogP contribution in [0.3, 0.4) is 0 Å². The molecule has 2 nitrogen and oxygen atoms in total. The van der Waals surface area contributed by atoms with Gasteiger partial charge in [0.05, 0.1) is 0 Å². The highest BCUT2D eigenvalue weighted by atomic mass is 19.1. The zero-order valence-electron chi connectivity index (χ0n) is 8.43. The van der Waals surface area contributed by atoms with Gasteiger partial charge in [0.2, 0.25) is 0 Å². The van der Waals surface area contributed by atoms with E-state index in [2.05, 4.69) is 0 Å². The number of benzene rings is 2. The van der Waals surface area contributed by atoms with Gasteiger partial charge in [0.15, 0.2) is 0 Å². The van der Waals surface area contributed by atoms with E-state index in [4.69, 9.17) is 9.84 Å². The van der Waals surface area contributed by atoms with E-state index in [1.165, 1.54) is 12.1 Å². The first kappa shape index (κ1) is 10.6. The molecule has 81 valence electrons. The maximum atomic E-state index is 12.7. The van der Waals surface area contributed by atoms with Crippen LogP contribution < -0.4 is 4.74 Å². The maximum absolute atomic E-state index is 12.7. The van der Waals surface area contributed by atoms with Crippen LogP contribution >= 0.6 is 0 Å². The Morgan fingerprint density at radius 1 is 1.00 bits per heavy atom. The summed E-state index contributed by atoms with van der Waals surface area (Å²) in [5.74, 6) is 0.843. The van der Waals surface area contributed by atoms with E-state index in [1.54, 1.807) is 36.4 Å². The van der Waals surface area contributed by atoms with Crippen molar-refractivity contribution in [1.29, 1.82) is 0 Å². The second-order valence-electron chi connectivity index (χ2n) is 3.26. The number of ether oxygens (including phenoxy) is 1. The number of aliphatic hydroxyl groups excluding tert-OH is 1. The van der Waals surface area contributed by atoms with Crippen LogP contribution in [0.1, 0.15) is 5.56 Å². The van der Waals surface area contributed by atoms with Gasteiger partial charge >= 0.3 is 0 Å². The molecule has 0 bridgehead atoms. The number of halogens is 1. The number of rotatable bonds is 3. The molecule has 1 radical (unpaired) electrons. The molecule has 0 aliphatic carbocycles. The topological polar surface area (TPSA) is 29.5 Å². The minimum Gasteiger partial charge on any atom is -0.457 e. The summed E-state index contributed by atoms with van der Waals surface area (Å²) in [6, 6.07) is 12.7. The molecule has 0 amide bonds. The monoisotopic (exact) mass is 217 g/mol. The molecular formula is C13H10FO2. The van der Waals surface area contributed by atoms with Gasteiger partial charge in [-0.1, -0.05) is 12.1 Å². The Labute approximate surface area is 92.9 Å². The second kappa shape index (κ2) is 4.77. The van der Waals surface area contributed by atoms with E-state index in [0.29, 0.717) is 17.1 Å². The number of aliphatic hydroxyl groups is 1. The van der Waals surface area contributed by atoms with Crippen molar-refractivity contribution < 1.29 is 14.2 Å². The molecular weight excluding hydrogens is 207 g/mol. The number of hydrogen-bond donors (Lipinski definition) is 1. The van der Waals surface area contributed by atoms with Crippen LogP contribution in [0.25, 0.3) is 0 Å². The van der Waals surface area contributed by atoms with Crippen LogP contribution in [-0.4, -0.2) is 5.11 Å². The molecule has 1 N–H and O–H groups in total. The molecule has 0 spiro atoms. The summed E-state index contributed by atoms with van der Waals surface area (Å²) in [6.07, 6.45) is 0. The molecule has 0 unspecified atom stereocenters. The number of hydrogen-bond acceptors (Lipinski definition) is 2. The van der Waals surface area contributed by atoms with E-state index >= 15 is 0 Å². The van der Waals surface area contributed by atoms with Crippen molar-refractivity contribution in [3.8, 4) is 11.5 Å². The average Bonchev–Trinajstić information content (AvgIpc) is 2.32. The Morgan fingerprint density at radius 3 is 2.44 bits per heavy atom. The standard InChI is InChI=1S/C13H10FO2/c14-11-4-6-12(7-5-11)16-13-3-1-2-10(8-13)9-15/h1-9,15H. The molecule has 0 heterocycles. The van der Waals surface area contributed by atoms with Crippen molar-refractivity contribution in [1.82, 2.24) is 0 Å². The summed E-state index contributed by atoms with van der Waals surface area (Å²) in [5, 5.41) is 8.83. The summed E-state index contributed by atoms with van der Waals surface area (Å²) in [5.41, 5.74) is 0.652. The summed E-state index contributed by atoms with van der Waals surface area (Å²) in [7, 11) is 0. The quantitative estimate of drug-likeness (QED) is 0.852. The second-order valence-corrected chi connectivity index (χ2v) is 3.26. The van der Waals surface area contributed by atoms with Crippen molar-refractivity contribution in [2.75, 3.05) is 0 Å². The molecule has 0 aromatic heterocycles. The largest absolute Gasteiger partial charge is 0.457 e. The maximum Gasteiger partial charge on any atom is 0.127 e. The highest BCUT2D eigenvalue weighted by Gasteiger charge is 1.99. The van der Waals surface area contributed by atoms with Gasteiger partial charge in [-0.05, 0) is 42.0 Å². The van der Waals surface area contributed by atoms with Crippen molar-refractivity contribution in [2.24, 2.45) is 0 Å². The molecule has 0 saturated carbocycles. The highest BCUT2D eigenvalue weighted by Crippen LogP contribution is 2.22. The molecule has 2 rings (SSSR count). The smallest absolute Gasteiger partial charge is 0.127 e. The van der Waals surface area contributed by atoms with Gasteiger partial charge in [0, 0.05) is 0 Å². The van der Waals surface area contributed by atoms with E-state index in [-0.39, 0.29) is 5.82 Å². The first-order valence-corrected chi connectivity index (χ1v) is 4.79. The van der Waals surface area contributed by atoms with E-state index < -0.39 is 0 Å². The normalized spacial score (nSPS) is 10.1. The van der Waals surface area contributed by atoms with E-state index in [1.807, 2.05) is 0 Å². The fraction of sp³-hybridized carbons (Fsp3) is 0. The summed E-state index contributed by atoms with van der Waals surface area (Å²) in [4.78, 5) is 0. The predicted octanol–water partition coefficient (Wildman–Crippen LogP) is 3.50. The summed E-state index contributed by atoms with van der Waals surface area (Å²) in [6.45, 7) is 0.998. The summed E-state index contributed by atoms with van der Waals surface area (Å²) >= 11 is 0. The Hall–Kier alpha value is -1.87. The van der Waals surface area contributed by atoms with E-state index in [0.717, 1.165) is 6.61 Å². The fourth-order valence-corrected chi connectivity index (χ4v) is 1.30. The zero-order chi connectivity index (χ0) is 11.4. The lowest BCUT2D eigenvalue weighted by Crippen LogP contribution is -1.86. The molecule has 0 fully saturated rings. The third-order valence-corrected chi connectivity index (χ3v) is 2.06. The highest BCUT2D eigenvalue weighted by molar-refractivity contribution is 5.35. The van der Waals surface area contributed by atoms with Gasteiger partial charge in [-0.15, -0.1) is 0 Å². The van der Waals surface area contributed by atoms with Crippen molar-refractivity contribution in [2.45, 2.75) is 0 Å². The van der Waals surface area contributed by atoms with Crippen molar-refractivity contribution in [3.63, 3.8) is 0 Å². The molecule has 2 aromatic carbocycles. The van der Waals surface area contributed by atoms with Gasteiger partial charge in [-0.3, -0.25) is 0 Å². The predicted molar refractivity (Wildman–Crippen MR) is 58.3 cm³/mol. The van der Waals surface area contributed by atoms with Gasteiger partial charge < -0.3 is 9.84 Å². The van der Waals surface area contributed by atoms with Gasteiger partial charge in [-0.2, -0.15) is 0 Å². The van der Waals surface area contributed by atoms with Crippen LogP contribution in [0.15, 0.2) is 48.5 Å². The molecule has 3 heteroatoms. The Bertz CT molecular complexity index is 466.